The van der Waals surface area contributed by atoms with Gasteiger partial charge in [0.05, 0.1) is 0 Å². The maximum atomic E-state index is 10.8. The molecule has 2 heterocycles. The van der Waals surface area contributed by atoms with Crippen molar-refractivity contribution in [1.82, 2.24) is 30.0 Å². The zero-order chi connectivity index (χ0) is 41.0. The minimum absolute atomic E-state index is 0.312. The van der Waals surface area contributed by atoms with Gasteiger partial charge in [-0.1, -0.05) is 166 Å². The van der Waals surface area contributed by atoms with Crippen molar-refractivity contribution in [2.75, 3.05) is 0 Å². The molecule has 0 radical (unpaired) electrons. The van der Waals surface area contributed by atoms with Crippen molar-refractivity contribution in [1.29, 1.82) is 0 Å². The van der Waals surface area contributed by atoms with Gasteiger partial charge in [-0.2, -0.15) is 0 Å². The highest BCUT2D eigenvalue weighted by molar-refractivity contribution is 5.74. The molecule has 312 valence electrons. The highest BCUT2D eigenvalue weighted by Crippen LogP contribution is 2.31. The number of rotatable bonds is 24. The third-order valence-corrected chi connectivity index (χ3v) is 11.2. The van der Waals surface area contributed by atoms with Gasteiger partial charge in [0.2, 0.25) is 0 Å². The first-order valence-corrected chi connectivity index (χ1v) is 22.7. The zero-order valence-electron chi connectivity index (χ0n) is 36.1. The number of phenolic OH excluding ortho intramolecular Hbond substituents is 2. The van der Waals surface area contributed by atoms with Gasteiger partial charge in [0, 0.05) is 0 Å². The number of aryl methyl sites for hydroxylation is 4. The average molecular weight is 787 g/mol. The summed E-state index contributed by atoms with van der Waals surface area (Å²) in [5, 5.41) is 39.8. The van der Waals surface area contributed by atoms with Crippen molar-refractivity contribution in [3.8, 4) is 22.9 Å². The van der Waals surface area contributed by atoms with E-state index in [1.165, 1.54) is 116 Å². The molecule has 6 rings (SSSR count). The van der Waals surface area contributed by atoms with Crippen LogP contribution in [-0.2, 0) is 12.8 Å². The molecule has 0 fully saturated rings. The van der Waals surface area contributed by atoms with E-state index in [2.05, 4.69) is 60.2 Å². The van der Waals surface area contributed by atoms with Gasteiger partial charge in [-0.05, 0) is 98.2 Å². The topological polar surface area (TPSA) is 102 Å². The van der Waals surface area contributed by atoms with E-state index in [0.29, 0.717) is 22.9 Å². The van der Waals surface area contributed by atoms with Gasteiger partial charge in [-0.15, -0.1) is 30.0 Å². The SMILES string of the molecule is CCCCCCCCCCCCc1cc(C)cc(-n2nc3ccccc3n2)c1O.CCCCCCCCCCCCc1cc(C)cc(-n2nc3ccccc3n2)c1O. The number of phenols is 2. The Kier molecular flexibility index (Phi) is 18.6. The summed E-state index contributed by atoms with van der Waals surface area (Å²) in [5.41, 5.74) is 8.94. The van der Waals surface area contributed by atoms with Gasteiger partial charge in [0.1, 0.15) is 44.9 Å². The first kappa shape index (κ1) is 44.4. The van der Waals surface area contributed by atoms with Crippen LogP contribution >= 0.6 is 0 Å². The van der Waals surface area contributed by atoms with Crippen molar-refractivity contribution in [2.45, 2.75) is 169 Å². The minimum atomic E-state index is 0.312. The van der Waals surface area contributed by atoms with Crippen LogP contribution in [0.1, 0.15) is 165 Å². The second-order valence-corrected chi connectivity index (χ2v) is 16.4. The summed E-state index contributed by atoms with van der Waals surface area (Å²) in [6, 6.07) is 23.7. The van der Waals surface area contributed by atoms with E-state index in [4.69, 9.17) is 0 Å². The van der Waals surface area contributed by atoms with Crippen molar-refractivity contribution in [2.24, 2.45) is 0 Å². The van der Waals surface area contributed by atoms with E-state index in [0.717, 1.165) is 70.0 Å². The fourth-order valence-corrected chi connectivity index (χ4v) is 7.89. The van der Waals surface area contributed by atoms with E-state index in [1.807, 2.05) is 60.7 Å². The second-order valence-electron chi connectivity index (χ2n) is 16.4. The Morgan fingerprint density at radius 3 is 0.966 bits per heavy atom. The highest BCUT2D eigenvalue weighted by Gasteiger charge is 2.15. The number of unbranched alkanes of at least 4 members (excludes halogenated alkanes) is 18. The van der Waals surface area contributed by atoms with Crippen LogP contribution in [0.5, 0.6) is 11.5 Å². The summed E-state index contributed by atoms with van der Waals surface area (Å²) in [6.45, 7) is 8.66. The van der Waals surface area contributed by atoms with E-state index in [1.54, 1.807) is 9.59 Å². The Morgan fingerprint density at radius 2 is 0.672 bits per heavy atom. The van der Waals surface area contributed by atoms with Gasteiger partial charge in [0.25, 0.3) is 0 Å². The Morgan fingerprint density at radius 1 is 0.397 bits per heavy atom. The molecule has 0 aliphatic carbocycles. The molecular weight excluding hydrogens is 717 g/mol. The third-order valence-electron chi connectivity index (χ3n) is 11.2. The van der Waals surface area contributed by atoms with Gasteiger partial charge in [-0.25, -0.2) is 0 Å². The van der Waals surface area contributed by atoms with Crippen LogP contribution in [0.2, 0.25) is 0 Å². The average Bonchev–Trinajstić information content (AvgIpc) is 3.87. The quantitative estimate of drug-likeness (QED) is 0.0592. The second kappa shape index (κ2) is 24.3. The standard InChI is InChI=1S/2C25H35N3O/c2*1-3-4-5-6-7-8-9-10-11-12-15-21-18-20(2)19-24(25(21)29)28-26-22-16-13-14-17-23(22)27-28/h2*13-14,16-19,29H,3-12,15H2,1-2H3. The Bertz CT molecular complexity index is 1880. The number of benzene rings is 4. The molecule has 0 atom stereocenters. The number of aromatic nitrogens is 6. The normalized spacial score (nSPS) is 11.4. The van der Waals surface area contributed by atoms with Gasteiger partial charge in [-0.3, -0.25) is 0 Å². The largest absolute Gasteiger partial charge is 0.505 e. The Hall–Kier alpha value is -4.72. The molecule has 0 saturated carbocycles. The number of fused-ring (bicyclic) bond motifs is 2. The highest BCUT2D eigenvalue weighted by atomic mass is 16.3. The summed E-state index contributed by atoms with van der Waals surface area (Å²) in [5.74, 6) is 0.624. The van der Waals surface area contributed by atoms with Crippen LogP contribution in [0.15, 0.2) is 72.8 Å². The third kappa shape index (κ3) is 13.7. The van der Waals surface area contributed by atoms with Crippen LogP contribution < -0.4 is 0 Å². The van der Waals surface area contributed by atoms with Crippen molar-refractivity contribution in [3.05, 3.63) is 95.1 Å². The molecule has 0 aliphatic heterocycles. The summed E-state index contributed by atoms with van der Waals surface area (Å²) >= 11 is 0. The predicted molar refractivity (Wildman–Crippen MR) is 242 cm³/mol. The van der Waals surface area contributed by atoms with Crippen LogP contribution in [0.4, 0.5) is 0 Å². The Balaban J connectivity index is 0.000000221. The molecule has 8 nitrogen and oxygen atoms in total. The lowest BCUT2D eigenvalue weighted by molar-refractivity contribution is 0.458. The van der Waals surface area contributed by atoms with Gasteiger partial charge in [0.15, 0.2) is 0 Å². The first-order chi connectivity index (χ1) is 28.4. The molecule has 0 unspecified atom stereocenters. The van der Waals surface area contributed by atoms with E-state index in [9.17, 15) is 10.2 Å². The van der Waals surface area contributed by atoms with Crippen molar-refractivity contribution in [3.63, 3.8) is 0 Å². The molecule has 0 bridgehead atoms. The summed E-state index contributed by atoms with van der Waals surface area (Å²) in [4.78, 5) is 3.13. The van der Waals surface area contributed by atoms with Crippen molar-refractivity contribution >= 4 is 22.1 Å². The monoisotopic (exact) mass is 787 g/mol. The fourth-order valence-electron chi connectivity index (χ4n) is 7.89. The maximum absolute atomic E-state index is 10.8. The molecule has 2 aromatic heterocycles. The lowest BCUT2D eigenvalue weighted by Gasteiger charge is -2.11. The molecule has 0 spiro atoms. The predicted octanol–water partition coefficient (Wildman–Crippen LogP) is 13.8. The van der Waals surface area contributed by atoms with Crippen LogP contribution in [0, 0.1) is 13.8 Å². The lowest BCUT2D eigenvalue weighted by atomic mass is 10.0. The fraction of sp³-hybridized carbons (Fsp3) is 0.520. The number of hydrogen-bond acceptors (Lipinski definition) is 6. The summed E-state index contributed by atoms with van der Waals surface area (Å²) in [6.07, 6.45) is 28.2. The molecule has 6 aromatic rings. The first-order valence-electron chi connectivity index (χ1n) is 22.7. The minimum Gasteiger partial charge on any atom is -0.505 e. The summed E-state index contributed by atoms with van der Waals surface area (Å²) < 4.78 is 0. The van der Waals surface area contributed by atoms with Crippen molar-refractivity contribution < 1.29 is 10.2 Å². The van der Waals surface area contributed by atoms with Gasteiger partial charge < -0.3 is 10.2 Å². The summed E-state index contributed by atoms with van der Waals surface area (Å²) in [7, 11) is 0. The number of nitrogens with zero attached hydrogens (tertiary/aromatic N) is 6. The number of aromatic hydroxyl groups is 2. The maximum Gasteiger partial charge on any atom is 0.146 e. The molecular formula is C50H70N6O2. The molecule has 8 heteroatoms. The van der Waals surface area contributed by atoms with E-state index >= 15 is 0 Å². The Labute approximate surface area is 348 Å². The van der Waals surface area contributed by atoms with E-state index < -0.39 is 0 Å². The molecule has 58 heavy (non-hydrogen) atoms. The zero-order valence-corrected chi connectivity index (χ0v) is 36.1. The van der Waals surface area contributed by atoms with Crippen LogP contribution in [0.25, 0.3) is 33.4 Å². The molecule has 0 saturated heterocycles. The van der Waals surface area contributed by atoms with Crippen LogP contribution in [-0.4, -0.2) is 40.2 Å². The molecule has 4 aromatic carbocycles. The molecule has 0 aliphatic rings. The molecule has 2 N–H and O–H groups in total. The van der Waals surface area contributed by atoms with Crippen LogP contribution in [0.3, 0.4) is 0 Å². The smallest absolute Gasteiger partial charge is 0.146 e. The molecule has 0 amide bonds. The lowest BCUT2D eigenvalue weighted by Crippen LogP contribution is -2.02. The van der Waals surface area contributed by atoms with E-state index in [-0.39, 0.29) is 0 Å². The van der Waals surface area contributed by atoms with Gasteiger partial charge >= 0.3 is 0 Å². The number of hydrogen-bond donors (Lipinski definition) is 2.